The van der Waals surface area contributed by atoms with Gasteiger partial charge in [0.05, 0.1) is 0 Å². The van der Waals surface area contributed by atoms with Crippen LogP contribution in [0.2, 0.25) is 0 Å². The summed E-state index contributed by atoms with van der Waals surface area (Å²) in [6.45, 7) is 16.5. The topological polar surface area (TPSA) is 0 Å². The van der Waals surface area contributed by atoms with Crippen molar-refractivity contribution in [2.75, 3.05) is 0 Å². The van der Waals surface area contributed by atoms with Gasteiger partial charge in [0.1, 0.15) is 0 Å². The van der Waals surface area contributed by atoms with E-state index < -0.39 is 0 Å². The van der Waals surface area contributed by atoms with Gasteiger partial charge in [0.15, 0.2) is 0 Å². The predicted octanol–water partition coefficient (Wildman–Crippen LogP) is 6.45. The molecule has 0 fully saturated rings. The minimum Gasteiger partial charge on any atom is -0.0625 e. The maximum absolute atomic E-state index is 2.43. The van der Waals surface area contributed by atoms with Gasteiger partial charge in [0.2, 0.25) is 0 Å². The molecule has 0 amide bonds. The van der Waals surface area contributed by atoms with Crippen LogP contribution in [-0.2, 0) is 0 Å². The maximum atomic E-state index is 2.43. The van der Waals surface area contributed by atoms with Crippen molar-refractivity contribution in [2.24, 2.45) is 16.7 Å². The van der Waals surface area contributed by atoms with Crippen LogP contribution in [0, 0.1) is 16.7 Å². The second kappa shape index (κ2) is 7.44. The van der Waals surface area contributed by atoms with E-state index >= 15 is 0 Å². The molecule has 0 saturated heterocycles. The lowest BCUT2D eigenvalue weighted by molar-refractivity contribution is 0.324. The van der Waals surface area contributed by atoms with E-state index in [0.29, 0.717) is 10.8 Å². The van der Waals surface area contributed by atoms with Gasteiger partial charge in [-0.1, -0.05) is 80.6 Å². The first-order chi connectivity index (χ1) is 7.60. The van der Waals surface area contributed by atoms with Crippen LogP contribution >= 0.6 is 0 Å². The van der Waals surface area contributed by atoms with E-state index in [1.807, 2.05) is 0 Å². The third-order valence-electron chi connectivity index (χ3n) is 3.50. The summed E-state index contributed by atoms with van der Waals surface area (Å²) in [5, 5.41) is 0. The fourth-order valence-electron chi connectivity index (χ4n) is 2.27. The lowest BCUT2D eigenvalue weighted by Gasteiger charge is -2.20. The maximum Gasteiger partial charge on any atom is -0.0383 e. The van der Waals surface area contributed by atoms with Crippen molar-refractivity contribution in [1.82, 2.24) is 0 Å². The summed E-state index contributed by atoms with van der Waals surface area (Å²) in [5.74, 6) is 0.928. The zero-order valence-electron chi connectivity index (χ0n) is 13.5. The van der Waals surface area contributed by atoms with E-state index in [4.69, 9.17) is 0 Å². The van der Waals surface area contributed by atoms with Gasteiger partial charge in [0, 0.05) is 0 Å². The highest BCUT2D eigenvalue weighted by atomic mass is 14.2. The molecule has 0 aromatic rings. The van der Waals surface area contributed by atoms with Gasteiger partial charge >= 0.3 is 0 Å². The first-order valence-electron chi connectivity index (χ1n) is 7.60. The predicted molar refractivity (Wildman–Crippen MR) is 80.4 cm³/mol. The quantitative estimate of drug-likeness (QED) is 0.449. The zero-order valence-corrected chi connectivity index (χ0v) is 13.5. The molecule has 0 aliphatic rings. The number of hydrogen-bond acceptors (Lipinski definition) is 0. The fourth-order valence-corrected chi connectivity index (χ4v) is 2.27. The van der Waals surface area contributed by atoms with Crippen LogP contribution in [0.25, 0.3) is 0 Å². The molecule has 0 N–H and O–H groups in total. The molecule has 0 rings (SSSR count). The van der Waals surface area contributed by atoms with Gasteiger partial charge in [-0.25, -0.2) is 0 Å². The third-order valence-corrected chi connectivity index (χ3v) is 3.50. The molecule has 0 heterocycles. The Hall–Kier alpha value is 0. The first kappa shape index (κ1) is 17.0. The van der Waals surface area contributed by atoms with Gasteiger partial charge in [-0.05, 0) is 29.6 Å². The smallest absolute Gasteiger partial charge is 0.0383 e. The highest BCUT2D eigenvalue weighted by molar-refractivity contribution is 4.64. The van der Waals surface area contributed by atoms with Crippen molar-refractivity contribution in [3.05, 3.63) is 0 Å². The lowest BCUT2D eigenvalue weighted by Crippen LogP contribution is -2.06. The van der Waals surface area contributed by atoms with Crippen LogP contribution in [0.4, 0.5) is 0 Å². The third kappa shape index (κ3) is 13.9. The second-order valence-electron chi connectivity index (χ2n) is 8.36. The van der Waals surface area contributed by atoms with Crippen LogP contribution in [0.15, 0.2) is 0 Å². The van der Waals surface area contributed by atoms with Crippen LogP contribution in [-0.4, -0.2) is 0 Å². The Morgan fingerprint density at radius 2 is 1.06 bits per heavy atom. The van der Waals surface area contributed by atoms with Crippen LogP contribution < -0.4 is 0 Å². The van der Waals surface area contributed by atoms with Crippen LogP contribution in [0.5, 0.6) is 0 Å². The lowest BCUT2D eigenvalue weighted by atomic mass is 9.86. The normalized spacial score (nSPS) is 15.0. The Morgan fingerprint density at radius 3 is 1.53 bits per heavy atom. The summed E-state index contributed by atoms with van der Waals surface area (Å²) in [5.41, 5.74) is 1.04. The van der Waals surface area contributed by atoms with Crippen LogP contribution in [0.3, 0.4) is 0 Å². The van der Waals surface area contributed by atoms with E-state index in [2.05, 4.69) is 48.5 Å². The van der Waals surface area contributed by atoms with Crippen molar-refractivity contribution in [3.63, 3.8) is 0 Å². The zero-order chi connectivity index (χ0) is 13.5. The average Bonchev–Trinajstić information content (AvgIpc) is 2.09. The molecule has 0 aromatic carbocycles. The Kier molecular flexibility index (Phi) is 7.44. The van der Waals surface area contributed by atoms with Crippen molar-refractivity contribution < 1.29 is 0 Å². The largest absolute Gasteiger partial charge is 0.0625 e. The molecule has 0 aromatic heterocycles. The Labute approximate surface area is 111 Å². The fraction of sp³-hybridized carbons (Fsp3) is 1.00. The molecule has 0 heteroatoms. The highest BCUT2D eigenvalue weighted by Crippen LogP contribution is 2.26. The molecular weight excluding hydrogens is 204 g/mol. The Bertz CT molecular complexity index is 177. The Balaban J connectivity index is 3.44. The summed E-state index contributed by atoms with van der Waals surface area (Å²) < 4.78 is 0. The van der Waals surface area contributed by atoms with E-state index in [0.717, 1.165) is 5.92 Å². The summed E-state index contributed by atoms with van der Waals surface area (Å²) in [7, 11) is 0. The van der Waals surface area contributed by atoms with Crippen molar-refractivity contribution >= 4 is 0 Å². The van der Waals surface area contributed by atoms with E-state index in [-0.39, 0.29) is 0 Å². The number of hydrogen-bond donors (Lipinski definition) is 0. The van der Waals surface area contributed by atoms with Gasteiger partial charge < -0.3 is 0 Å². The highest BCUT2D eigenvalue weighted by Gasteiger charge is 2.12. The monoisotopic (exact) mass is 240 g/mol. The number of unbranched alkanes of at least 4 members (excludes halogenated alkanes) is 1. The average molecular weight is 240 g/mol. The SMILES string of the molecule is CC(CCCCC(C)(C)C)CCCC(C)(C)C. The molecule has 0 spiro atoms. The minimum absolute atomic E-state index is 0.520. The second-order valence-corrected chi connectivity index (χ2v) is 8.36. The van der Waals surface area contributed by atoms with Crippen LogP contribution in [0.1, 0.15) is 93.4 Å². The Morgan fingerprint density at radius 1 is 0.647 bits per heavy atom. The molecule has 0 saturated carbocycles. The molecule has 0 radical (unpaired) electrons. The van der Waals surface area contributed by atoms with Gasteiger partial charge in [-0.2, -0.15) is 0 Å². The molecule has 1 unspecified atom stereocenters. The molecule has 104 valence electrons. The first-order valence-corrected chi connectivity index (χ1v) is 7.60. The van der Waals surface area contributed by atoms with Gasteiger partial charge in [0.25, 0.3) is 0 Å². The van der Waals surface area contributed by atoms with E-state index in [1.54, 1.807) is 0 Å². The molecule has 0 nitrogen and oxygen atoms in total. The van der Waals surface area contributed by atoms with Crippen molar-refractivity contribution in [2.45, 2.75) is 93.4 Å². The van der Waals surface area contributed by atoms with Gasteiger partial charge in [-0.3, -0.25) is 0 Å². The number of rotatable bonds is 7. The molecular formula is C17H36. The van der Waals surface area contributed by atoms with E-state index in [9.17, 15) is 0 Å². The standard InChI is InChI=1S/C17H36/c1-15(12-10-14-17(5,6)7)11-8-9-13-16(2,3)4/h15H,8-14H2,1-7H3. The van der Waals surface area contributed by atoms with Crippen molar-refractivity contribution in [3.8, 4) is 0 Å². The summed E-state index contributed by atoms with van der Waals surface area (Å²) in [6, 6.07) is 0. The minimum atomic E-state index is 0.520. The van der Waals surface area contributed by atoms with Crippen molar-refractivity contribution in [1.29, 1.82) is 0 Å². The molecule has 0 bridgehead atoms. The summed E-state index contributed by atoms with van der Waals surface area (Å²) in [4.78, 5) is 0. The van der Waals surface area contributed by atoms with E-state index in [1.165, 1.54) is 44.9 Å². The molecule has 0 aliphatic carbocycles. The molecule has 1 atom stereocenters. The summed E-state index contributed by atoms with van der Waals surface area (Å²) >= 11 is 0. The summed E-state index contributed by atoms with van der Waals surface area (Å²) in [6.07, 6.45) is 9.85. The molecule has 17 heavy (non-hydrogen) atoms. The molecule has 0 aliphatic heterocycles. The van der Waals surface area contributed by atoms with Gasteiger partial charge in [-0.15, -0.1) is 0 Å².